The molecule has 0 radical (unpaired) electrons. The number of aldehydes is 1. The maximum Gasteiger partial charge on any atom is 0.421 e. The van der Waals surface area contributed by atoms with Crippen LogP contribution in [0, 0.1) is 20.2 Å². The highest BCUT2D eigenvalue weighted by Crippen LogP contribution is 2.47. The average molecular weight is 856 g/mol. The molecule has 0 bridgehead atoms. The van der Waals surface area contributed by atoms with Gasteiger partial charge in [0.05, 0.1) is 34.1 Å². The third-order valence-corrected chi connectivity index (χ3v) is 10.6. The molecular weight excluding hydrogens is 816 g/mol. The fraction of sp³-hybridized carbons (Fsp3) is 0.310. The van der Waals surface area contributed by atoms with E-state index in [-0.39, 0.29) is 64.7 Å². The van der Waals surface area contributed by atoms with Gasteiger partial charge in [0.15, 0.2) is 11.2 Å². The molecule has 61 heavy (non-hydrogen) atoms. The Morgan fingerprint density at radius 2 is 1.08 bits per heavy atom. The van der Waals surface area contributed by atoms with Gasteiger partial charge in [-0.2, -0.15) is 26.3 Å². The molecule has 4 aromatic carbocycles. The molecule has 1 saturated heterocycles. The molecule has 2 atom stereocenters. The Labute approximate surface area is 343 Å². The molecule has 0 aliphatic carbocycles. The number of non-ortho nitro benzene ring substituents is 2. The van der Waals surface area contributed by atoms with Gasteiger partial charge >= 0.3 is 12.4 Å². The van der Waals surface area contributed by atoms with E-state index in [0.717, 1.165) is 41.6 Å². The monoisotopic (exact) mass is 855 g/mol. The third-order valence-electron chi connectivity index (χ3n) is 10.6. The van der Waals surface area contributed by atoms with Gasteiger partial charge in [-0.25, -0.2) is 0 Å². The van der Waals surface area contributed by atoms with Crippen LogP contribution in [-0.2, 0) is 33.8 Å². The van der Waals surface area contributed by atoms with Crippen LogP contribution in [0.4, 0.5) is 37.7 Å². The van der Waals surface area contributed by atoms with E-state index >= 15 is 0 Å². The summed E-state index contributed by atoms with van der Waals surface area (Å²) in [7, 11) is 0. The van der Waals surface area contributed by atoms with Crippen LogP contribution in [0.15, 0.2) is 109 Å². The van der Waals surface area contributed by atoms with Crippen molar-refractivity contribution >= 4 is 39.5 Å². The van der Waals surface area contributed by atoms with Crippen molar-refractivity contribution in [1.29, 1.82) is 0 Å². The number of nitro benzene ring substituents is 2. The number of hydrogen-bond acceptors (Lipinski definition) is 9. The van der Waals surface area contributed by atoms with Gasteiger partial charge in [0.25, 0.3) is 11.4 Å². The molecule has 0 saturated carbocycles. The van der Waals surface area contributed by atoms with Crippen LogP contribution in [0.5, 0.6) is 0 Å². The normalized spacial score (nSPS) is 15.7. The van der Waals surface area contributed by atoms with Crippen molar-refractivity contribution in [2.75, 3.05) is 32.8 Å². The molecule has 13 nitrogen and oxygen atoms in total. The summed E-state index contributed by atoms with van der Waals surface area (Å²) >= 11 is 0. The number of aromatic nitrogens is 2. The zero-order chi connectivity index (χ0) is 44.2. The second-order valence-corrected chi connectivity index (χ2v) is 14.5. The highest BCUT2D eigenvalue weighted by atomic mass is 19.4. The molecule has 2 aromatic heterocycles. The van der Waals surface area contributed by atoms with Gasteiger partial charge in [0, 0.05) is 104 Å². The number of benzene rings is 4. The lowest BCUT2D eigenvalue weighted by Gasteiger charge is -2.34. The van der Waals surface area contributed by atoms with Crippen LogP contribution in [-0.4, -0.2) is 85.6 Å². The van der Waals surface area contributed by atoms with Crippen LogP contribution < -0.4 is 0 Å². The standard InChI is InChI=1S/C23H24F3N3O4.C19H15F3N2O4/c24-23(25,26)22(30,8-9-27-10-12-33-13-11-27)20-16-28(15-17-4-2-1-3-5-17)21-14-18(29(31)32)6-7-19(20)21;20-19(21,22)18(26,8-9-25)16-12-23(11-13-4-2-1-3-5-13)17-10-14(24(27)28)6-7-15(16)17/h1-7,14,16,30H,8-13,15H2;1-7,9-10,12,26H,8,11H2. The molecule has 2 unspecified atom stereocenters. The Morgan fingerprint density at radius 1 is 0.656 bits per heavy atom. The molecular formula is C42H39F6N5O8. The second kappa shape index (κ2) is 17.8. The van der Waals surface area contributed by atoms with Gasteiger partial charge in [-0.05, 0) is 23.3 Å². The minimum absolute atomic E-state index is 0.000745. The van der Waals surface area contributed by atoms with Crippen LogP contribution in [0.1, 0.15) is 35.1 Å². The van der Waals surface area contributed by atoms with Gasteiger partial charge in [0.2, 0.25) is 0 Å². The zero-order valence-corrected chi connectivity index (χ0v) is 32.2. The van der Waals surface area contributed by atoms with Crippen LogP contribution in [0.25, 0.3) is 21.8 Å². The fourth-order valence-electron chi connectivity index (χ4n) is 7.34. The lowest BCUT2D eigenvalue weighted by atomic mass is 9.89. The van der Waals surface area contributed by atoms with E-state index < -0.39 is 51.8 Å². The van der Waals surface area contributed by atoms with Gasteiger partial charge < -0.3 is 28.9 Å². The number of ether oxygens (including phenoxy) is 1. The Bertz CT molecular complexity index is 2500. The first kappa shape index (κ1) is 44.4. The van der Waals surface area contributed by atoms with E-state index in [4.69, 9.17) is 4.74 Å². The van der Waals surface area contributed by atoms with E-state index in [1.54, 1.807) is 42.5 Å². The summed E-state index contributed by atoms with van der Waals surface area (Å²) in [6.45, 7) is 2.24. The van der Waals surface area contributed by atoms with Gasteiger partial charge in [0.1, 0.15) is 6.29 Å². The zero-order valence-electron chi connectivity index (χ0n) is 32.2. The van der Waals surface area contributed by atoms with Gasteiger partial charge in [-0.15, -0.1) is 0 Å². The van der Waals surface area contributed by atoms with E-state index in [2.05, 4.69) is 0 Å². The summed E-state index contributed by atoms with van der Waals surface area (Å²) in [5.41, 5.74) is -5.87. The van der Waals surface area contributed by atoms with Crippen LogP contribution >= 0.6 is 0 Å². The lowest BCUT2D eigenvalue weighted by molar-refractivity contribution is -0.384. The summed E-state index contributed by atoms with van der Waals surface area (Å²) < 4.78 is 92.0. The Balaban J connectivity index is 0.000000207. The molecule has 1 aliphatic rings. The molecule has 0 spiro atoms. The number of morpholine rings is 1. The molecule has 322 valence electrons. The molecule has 2 N–H and O–H groups in total. The predicted octanol–water partition coefficient (Wildman–Crippen LogP) is 8.01. The molecule has 7 rings (SSSR count). The van der Waals surface area contributed by atoms with Crippen molar-refractivity contribution in [2.45, 2.75) is 49.5 Å². The fourth-order valence-corrected chi connectivity index (χ4v) is 7.34. The van der Waals surface area contributed by atoms with Crippen molar-refractivity contribution in [1.82, 2.24) is 14.0 Å². The number of carbonyl (C=O) groups is 1. The minimum Gasteiger partial charge on any atom is -0.379 e. The van der Waals surface area contributed by atoms with Crippen molar-refractivity contribution in [3.8, 4) is 0 Å². The van der Waals surface area contributed by atoms with Crippen LogP contribution in [0.3, 0.4) is 0 Å². The number of alkyl halides is 6. The van der Waals surface area contributed by atoms with Crippen molar-refractivity contribution < 1.29 is 55.9 Å². The second-order valence-electron chi connectivity index (χ2n) is 14.5. The number of hydrogen-bond donors (Lipinski definition) is 2. The molecule has 19 heteroatoms. The van der Waals surface area contributed by atoms with Crippen molar-refractivity contribution in [3.63, 3.8) is 0 Å². The first-order chi connectivity index (χ1) is 28.9. The number of fused-ring (bicyclic) bond motifs is 2. The minimum atomic E-state index is -5.11. The van der Waals surface area contributed by atoms with E-state index in [1.165, 1.54) is 27.5 Å². The number of carbonyl (C=O) groups excluding carboxylic acids is 1. The molecule has 1 aliphatic heterocycles. The number of nitrogens with zero attached hydrogens (tertiary/aromatic N) is 5. The highest BCUT2D eigenvalue weighted by Gasteiger charge is 2.57. The van der Waals surface area contributed by atoms with E-state index in [9.17, 15) is 61.6 Å². The first-order valence-corrected chi connectivity index (χ1v) is 18.8. The third kappa shape index (κ3) is 9.44. The lowest BCUT2D eigenvalue weighted by Crippen LogP contribution is -2.46. The van der Waals surface area contributed by atoms with E-state index in [1.807, 2.05) is 23.1 Å². The largest absolute Gasteiger partial charge is 0.421 e. The predicted molar refractivity (Wildman–Crippen MR) is 211 cm³/mol. The molecule has 1 fully saturated rings. The van der Waals surface area contributed by atoms with Gasteiger partial charge in [-0.1, -0.05) is 60.7 Å². The highest BCUT2D eigenvalue weighted by molar-refractivity contribution is 5.88. The summed E-state index contributed by atoms with van der Waals surface area (Å²) in [5.74, 6) is 0. The molecule has 3 heterocycles. The number of halogens is 6. The SMILES string of the molecule is O=CCC(O)(c1cn(Cc2ccccc2)c2cc([N+](=O)[O-])ccc12)C(F)(F)F.O=[N+]([O-])c1ccc2c(C(O)(CCN3CCOCC3)C(F)(F)F)cn(Cc3ccccc3)c2c1. The molecule has 6 aromatic rings. The Kier molecular flexibility index (Phi) is 13.0. The molecule has 0 amide bonds. The first-order valence-electron chi connectivity index (χ1n) is 18.8. The van der Waals surface area contributed by atoms with Gasteiger partial charge in [-0.3, -0.25) is 25.1 Å². The van der Waals surface area contributed by atoms with Crippen molar-refractivity contribution in [3.05, 3.63) is 152 Å². The van der Waals surface area contributed by atoms with Crippen molar-refractivity contribution in [2.24, 2.45) is 0 Å². The summed E-state index contributed by atoms with van der Waals surface area (Å²) in [6, 6.07) is 24.9. The maximum atomic E-state index is 14.3. The summed E-state index contributed by atoms with van der Waals surface area (Å²) in [6.07, 6.45) is -9.42. The quantitative estimate of drug-likeness (QED) is 0.0507. The van der Waals surface area contributed by atoms with Crippen LogP contribution in [0.2, 0.25) is 0 Å². The number of rotatable bonds is 13. The number of nitro groups is 2. The maximum absolute atomic E-state index is 14.3. The summed E-state index contributed by atoms with van der Waals surface area (Å²) in [5, 5.41) is 44.0. The Morgan fingerprint density at radius 3 is 1.48 bits per heavy atom. The smallest absolute Gasteiger partial charge is 0.379 e. The average Bonchev–Trinajstić information content (AvgIpc) is 3.78. The Hall–Kier alpha value is -6.15. The van der Waals surface area contributed by atoms with E-state index in [0.29, 0.717) is 26.3 Å². The summed E-state index contributed by atoms with van der Waals surface area (Å²) in [4.78, 5) is 33.9. The number of aliphatic hydroxyl groups is 2. The topological polar surface area (TPSA) is 166 Å².